The summed E-state index contributed by atoms with van der Waals surface area (Å²) >= 11 is 1.75. The van der Waals surface area contributed by atoms with Crippen molar-refractivity contribution in [3.63, 3.8) is 0 Å². The van der Waals surface area contributed by atoms with Gasteiger partial charge in [-0.1, -0.05) is 125 Å². The van der Waals surface area contributed by atoms with E-state index in [9.17, 15) is 0 Å². The molecular formula is C32H35NS. The quantitative estimate of drug-likeness (QED) is 0.413. The molecule has 2 aliphatic heterocycles. The summed E-state index contributed by atoms with van der Waals surface area (Å²) in [5.41, 5.74) is 8.05. The number of nitrogens with zero attached hydrogens (tertiary/aromatic N) is 1. The lowest BCUT2D eigenvalue weighted by molar-refractivity contribution is 0.915. The Labute approximate surface area is 210 Å². The molecule has 2 aliphatic rings. The number of fused-ring (bicyclic) bond motifs is 6. The summed E-state index contributed by atoms with van der Waals surface area (Å²) in [7, 11) is 2.14. The molecule has 0 N–H and O–H groups in total. The van der Waals surface area contributed by atoms with Crippen LogP contribution in [0.25, 0.3) is 21.9 Å². The lowest BCUT2D eigenvalue weighted by Gasteiger charge is -2.29. The Hall–Kier alpha value is -3.23. The molecule has 2 heteroatoms. The Morgan fingerprint density at radius 2 is 1.65 bits per heavy atom. The third-order valence-corrected chi connectivity index (χ3v) is 6.74. The van der Waals surface area contributed by atoms with Gasteiger partial charge in [0, 0.05) is 29.3 Å². The summed E-state index contributed by atoms with van der Waals surface area (Å²) in [6, 6.07) is 8.60. The van der Waals surface area contributed by atoms with Crippen LogP contribution in [0.5, 0.6) is 0 Å². The highest BCUT2D eigenvalue weighted by molar-refractivity contribution is 8.02. The Morgan fingerprint density at radius 1 is 0.971 bits per heavy atom. The number of benzene rings is 2. The van der Waals surface area contributed by atoms with Gasteiger partial charge in [0.25, 0.3) is 0 Å². The predicted octanol–water partition coefficient (Wildman–Crippen LogP) is 9.87. The average Bonchev–Trinajstić information content (AvgIpc) is 2.83. The third-order valence-electron chi connectivity index (χ3n) is 5.82. The van der Waals surface area contributed by atoms with Gasteiger partial charge in [0.2, 0.25) is 0 Å². The minimum atomic E-state index is 1.00. The highest BCUT2D eigenvalue weighted by Crippen LogP contribution is 2.48. The van der Waals surface area contributed by atoms with Gasteiger partial charge in [-0.25, -0.2) is 0 Å². The molecule has 2 aromatic rings. The van der Waals surface area contributed by atoms with Gasteiger partial charge in [-0.15, -0.1) is 0 Å². The van der Waals surface area contributed by atoms with E-state index in [4.69, 9.17) is 0 Å². The van der Waals surface area contributed by atoms with Gasteiger partial charge >= 0.3 is 0 Å². The zero-order valence-corrected chi connectivity index (χ0v) is 21.7. The molecule has 0 saturated carbocycles. The first-order valence-corrected chi connectivity index (χ1v) is 12.9. The fraction of sp³-hybridized carbons (Fsp3) is 0.188. The number of rotatable bonds is 4. The molecule has 0 unspecified atom stereocenters. The fourth-order valence-electron chi connectivity index (χ4n) is 4.42. The molecule has 0 bridgehead atoms. The Balaban J connectivity index is 0.00000158. The molecule has 0 radical (unpaired) electrons. The van der Waals surface area contributed by atoms with Crippen molar-refractivity contribution in [3.05, 3.63) is 120 Å². The monoisotopic (exact) mass is 465 g/mol. The van der Waals surface area contributed by atoms with Gasteiger partial charge in [0.05, 0.1) is 5.69 Å². The maximum Gasteiger partial charge on any atom is 0.0637 e. The van der Waals surface area contributed by atoms with Gasteiger partial charge in [0.15, 0.2) is 0 Å². The molecule has 34 heavy (non-hydrogen) atoms. The number of allylic oxidation sites excluding steroid dienone is 11. The number of thioether (sulfide) groups is 1. The second-order valence-corrected chi connectivity index (χ2v) is 8.95. The van der Waals surface area contributed by atoms with Crippen molar-refractivity contribution in [3.8, 4) is 0 Å². The molecule has 4 rings (SSSR count). The van der Waals surface area contributed by atoms with Crippen LogP contribution in [0, 0.1) is 0 Å². The molecule has 0 spiro atoms. The van der Waals surface area contributed by atoms with E-state index in [0.717, 1.165) is 24.0 Å². The summed E-state index contributed by atoms with van der Waals surface area (Å²) in [5.74, 6) is 0. The molecule has 0 aliphatic carbocycles. The highest BCUT2D eigenvalue weighted by atomic mass is 32.2. The second kappa shape index (κ2) is 11.8. The first-order valence-electron chi connectivity index (χ1n) is 12.0. The van der Waals surface area contributed by atoms with Crippen LogP contribution in [-0.4, -0.2) is 7.05 Å². The minimum absolute atomic E-state index is 1.00. The highest BCUT2D eigenvalue weighted by Gasteiger charge is 2.24. The maximum absolute atomic E-state index is 4.49. The molecule has 1 nitrogen and oxygen atoms in total. The van der Waals surface area contributed by atoms with Gasteiger partial charge in [-0.05, 0) is 44.9 Å². The smallest absolute Gasteiger partial charge is 0.0637 e. The van der Waals surface area contributed by atoms with Crippen molar-refractivity contribution in [2.75, 3.05) is 11.9 Å². The van der Waals surface area contributed by atoms with Crippen molar-refractivity contribution in [1.29, 1.82) is 0 Å². The van der Waals surface area contributed by atoms with Gasteiger partial charge in [-0.2, -0.15) is 0 Å². The molecule has 0 fully saturated rings. The standard InChI is InChI=1S/C30H29NS.C2H6/c1-6-12-23(13-7-2)24-18-17-22(4)27-25-15-8-9-16-26(25)28-21(3)14-10-11-19-32-30(28)29(27)31(5)20-24;1-2/h6,8-12,14-20H,1,3-4,7,13H2,2,5H3;1-2H3/b14-10-,18-17-,19-11-,23-12+,24-20+;. The summed E-state index contributed by atoms with van der Waals surface area (Å²) in [6.45, 7) is 19.0. The third kappa shape index (κ3) is 4.98. The van der Waals surface area contributed by atoms with E-state index in [1.807, 2.05) is 19.9 Å². The van der Waals surface area contributed by atoms with E-state index in [1.54, 1.807) is 11.8 Å². The van der Waals surface area contributed by atoms with E-state index in [-0.39, 0.29) is 0 Å². The van der Waals surface area contributed by atoms with Gasteiger partial charge in [0.1, 0.15) is 0 Å². The van der Waals surface area contributed by atoms with E-state index in [1.165, 1.54) is 43.6 Å². The zero-order chi connectivity index (χ0) is 24.7. The van der Waals surface area contributed by atoms with Crippen LogP contribution in [0.1, 0.15) is 44.7 Å². The Kier molecular flexibility index (Phi) is 8.79. The molecule has 0 amide bonds. The van der Waals surface area contributed by atoms with Crippen LogP contribution >= 0.6 is 11.8 Å². The Bertz CT molecular complexity index is 1260. The second-order valence-electron chi connectivity index (χ2n) is 8.04. The van der Waals surface area contributed by atoms with Crippen molar-refractivity contribution < 1.29 is 0 Å². The topological polar surface area (TPSA) is 3.24 Å². The minimum Gasteiger partial charge on any atom is -0.349 e. The van der Waals surface area contributed by atoms with Crippen LogP contribution in [0.3, 0.4) is 0 Å². The van der Waals surface area contributed by atoms with Crippen LogP contribution in [-0.2, 0) is 0 Å². The number of hydrogen-bond donors (Lipinski definition) is 0. The molecule has 2 aromatic carbocycles. The fourth-order valence-corrected chi connectivity index (χ4v) is 5.44. The molecule has 0 aromatic heterocycles. The molecular weight excluding hydrogens is 430 g/mol. The van der Waals surface area contributed by atoms with E-state index in [2.05, 4.69) is 111 Å². The SMILES string of the molecule is C=C/C=C(CCC)/C1=C/N(C)c2c3c(c4ccccc4c2C(=C)/C=C\1)C(=C)/C=C\C=C/S3.CC. The van der Waals surface area contributed by atoms with Gasteiger partial charge < -0.3 is 4.90 Å². The molecule has 0 saturated heterocycles. The number of hydrogen-bond acceptors (Lipinski definition) is 2. The van der Waals surface area contributed by atoms with Crippen molar-refractivity contribution in [2.24, 2.45) is 0 Å². The average molecular weight is 466 g/mol. The number of anilines is 1. The van der Waals surface area contributed by atoms with Crippen LogP contribution in [0.15, 0.2) is 114 Å². The molecule has 0 atom stereocenters. The van der Waals surface area contributed by atoms with Crippen LogP contribution in [0.4, 0.5) is 5.69 Å². The Morgan fingerprint density at radius 3 is 2.32 bits per heavy atom. The maximum atomic E-state index is 4.49. The van der Waals surface area contributed by atoms with Crippen molar-refractivity contribution in [1.82, 2.24) is 0 Å². The summed E-state index contributed by atoms with van der Waals surface area (Å²) < 4.78 is 0. The lowest BCUT2D eigenvalue weighted by Crippen LogP contribution is -2.15. The zero-order valence-electron chi connectivity index (χ0n) is 20.9. The molecule has 2 heterocycles. The van der Waals surface area contributed by atoms with E-state index in [0.29, 0.717) is 0 Å². The lowest BCUT2D eigenvalue weighted by atomic mass is 9.88. The summed E-state index contributed by atoms with van der Waals surface area (Å²) in [6.07, 6.45) is 18.9. The largest absolute Gasteiger partial charge is 0.349 e. The summed E-state index contributed by atoms with van der Waals surface area (Å²) in [5, 5.41) is 4.56. The van der Waals surface area contributed by atoms with Crippen LogP contribution in [0.2, 0.25) is 0 Å². The summed E-state index contributed by atoms with van der Waals surface area (Å²) in [4.78, 5) is 3.47. The normalized spacial score (nSPS) is 19.7. The van der Waals surface area contributed by atoms with Gasteiger partial charge in [-0.3, -0.25) is 0 Å². The van der Waals surface area contributed by atoms with E-state index < -0.39 is 0 Å². The first kappa shape index (κ1) is 25.4. The first-order chi connectivity index (χ1) is 16.6. The molecule has 174 valence electrons. The van der Waals surface area contributed by atoms with E-state index >= 15 is 0 Å². The van der Waals surface area contributed by atoms with Crippen LogP contribution < -0.4 is 4.90 Å². The van der Waals surface area contributed by atoms with Crippen molar-refractivity contribution >= 4 is 39.4 Å². The van der Waals surface area contributed by atoms with Crippen molar-refractivity contribution in [2.45, 2.75) is 38.5 Å². The predicted molar refractivity (Wildman–Crippen MR) is 156 cm³/mol.